The van der Waals surface area contributed by atoms with Gasteiger partial charge in [0, 0.05) is 37.3 Å². The van der Waals surface area contributed by atoms with Crippen LogP contribution in [-0.2, 0) is 4.79 Å². The van der Waals surface area contributed by atoms with Crippen molar-refractivity contribution >= 4 is 33.6 Å². The first-order valence-electron chi connectivity index (χ1n) is 7.41. The fourth-order valence-corrected chi connectivity index (χ4v) is 2.86. The topological polar surface area (TPSA) is 52.7 Å². The van der Waals surface area contributed by atoms with Gasteiger partial charge in [0.25, 0.3) is 0 Å². The van der Waals surface area contributed by atoms with Crippen LogP contribution in [0, 0.1) is 12.8 Å². The van der Waals surface area contributed by atoms with Gasteiger partial charge in [-0.2, -0.15) is 0 Å². The molecule has 5 nitrogen and oxygen atoms in total. The zero-order valence-corrected chi connectivity index (χ0v) is 14.8. The lowest BCUT2D eigenvalue weighted by molar-refractivity contribution is -0.121. The van der Waals surface area contributed by atoms with Crippen LogP contribution in [0.15, 0.2) is 22.7 Å². The summed E-state index contributed by atoms with van der Waals surface area (Å²) in [6.07, 6.45) is 1.68. The fourth-order valence-electron chi connectivity index (χ4n) is 2.61. The van der Waals surface area contributed by atoms with Gasteiger partial charge in [-0.25, -0.2) is 4.79 Å². The number of aryl methyl sites for hydroxylation is 1. The highest BCUT2D eigenvalue weighted by Crippen LogP contribution is 2.22. The monoisotopic (exact) mass is 367 g/mol. The molecule has 1 aromatic rings. The van der Waals surface area contributed by atoms with Crippen LogP contribution in [0.5, 0.6) is 0 Å². The normalized spacial score (nSPS) is 18.0. The number of amides is 3. The number of nitrogens with zero attached hydrogens (tertiary/aromatic N) is 2. The highest BCUT2D eigenvalue weighted by atomic mass is 79.9. The molecule has 120 valence electrons. The number of hydrogen-bond acceptors (Lipinski definition) is 2. The molecule has 2 rings (SSSR count). The standard InChI is InChI=1S/C16H22BrN3O2/c1-11-9-13(6-7-14(11)17)18-15(21)12-5-4-8-20(10-12)16(22)19(2)3/h6-7,9,12H,4-5,8,10H2,1-3H3,(H,18,21). The van der Waals surface area contributed by atoms with E-state index >= 15 is 0 Å². The molecular formula is C16H22BrN3O2. The Hall–Kier alpha value is -1.56. The molecule has 0 bridgehead atoms. The molecule has 0 aromatic heterocycles. The van der Waals surface area contributed by atoms with E-state index in [0.29, 0.717) is 6.54 Å². The lowest BCUT2D eigenvalue weighted by atomic mass is 9.97. The SMILES string of the molecule is Cc1cc(NC(=O)C2CCCN(C(=O)N(C)C)C2)ccc1Br. The number of benzene rings is 1. The second kappa shape index (κ2) is 7.13. The van der Waals surface area contributed by atoms with Gasteiger partial charge in [-0.1, -0.05) is 15.9 Å². The molecule has 22 heavy (non-hydrogen) atoms. The van der Waals surface area contributed by atoms with E-state index in [-0.39, 0.29) is 17.9 Å². The Kier molecular flexibility index (Phi) is 5.45. The summed E-state index contributed by atoms with van der Waals surface area (Å²) < 4.78 is 1.02. The minimum Gasteiger partial charge on any atom is -0.331 e. The van der Waals surface area contributed by atoms with E-state index in [9.17, 15) is 9.59 Å². The molecule has 0 aliphatic carbocycles. The van der Waals surface area contributed by atoms with Crippen molar-refractivity contribution in [3.8, 4) is 0 Å². The Balaban J connectivity index is 1.99. The smallest absolute Gasteiger partial charge is 0.319 e. The van der Waals surface area contributed by atoms with E-state index in [2.05, 4.69) is 21.2 Å². The maximum atomic E-state index is 12.4. The summed E-state index contributed by atoms with van der Waals surface area (Å²) >= 11 is 3.45. The predicted molar refractivity (Wildman–Crippen MR) is 90.9 cm³/mol. The highest BCUT2D eigenvalue weighted by Gasteiger charge is 2.29. The van der Waals surface area contributed by atoms with Crippen LogP contribution in [-0.4, -0.2) is 48.9 Å². The fraction of sp³-hybridized carbons (Fsp3) is 0.500. The molecule has 3 amide bonds. The van der Waals surface area contributed by atoms with E-state index in [1.54, 1.807) is 23.9 Å². The van der Waals surface area contributed by atoms with Crippen molar-refractivity contribution < 1.29 is 9.59 Å². The van der Waals surface area contributed by atoms with Gasteiger partial charge in [-0.05, 0) is 43.5 Å². The molecule has 1 aliphatic rings. The molecule has 1 saturated heterocycles. The van der Waals surface area contributed by atoms with E-state index in [1.807, 2.05) is 25.1 Å². The summed E-state index contributed by atoms with van der Waals surface area (Å²) in [7, 11) is 3.47. The first-order valence-corrected chi connectivity index (χ1v) is 8.21. The van der Waals surface area contributed by atoms with Crippen LogP contribution in [0.2, 0.25) is 0 Å². The number of halogens is 1. The first-order chi connectivity index (χ1) is 10.4. The van der Waals surface area contributed by atoms with Gasteiger partial charge in [-0.15, -0.1) is 0 Å². The average molecular weight is 368 g/mol. The van der Waals surface area contributed by atoms with E-state index in [1.165, 1.54) is 0 Å². The van der Waals surface area contributed by atoms with E-state index in [4.69, 9.17) is 0 Å². The number of hydrogen-bond donors (Lipinski definition) is 1. The third-order valence-electron chi connectivity index (χ3n) is 3.87. The van der Waals surface area contributed by atoms with Gasteiger partial charge in [0.05, 0.1) is 5.92 Å². The molecule has 0 radical (unpaired) electrons. The maximum absolute atomic E-state index is 12.4. The Morgan fingerprint density at radius 3 is 2.73 bits per heavy atom. The molecule has 1 N–H and O–H groups in total. The quantitative estimate of drug-likeness (QED) is 0.872. The molecule has 1 unspecified atom stereocenters. The maximum Gasteiger partial charge on any atom is 0.319 e. The number of carbonyl (C=O) groups is 2. The van der Waals surface area contributed by atoms with Crippen LogP contribution < -0.4 is 5.32 Å². The van der Waals surface area contributed by atoms with Gasteiger partial charge in [0.2, 0.25) is 5.91 Å². The summed E-state index contributed by atoms with van der Waals surface area (Å²) in [5.74, 6) is -0.167. The summed E-state index contributed by atoms with van der Waals surface area (Å²) in [5.41, 5.74) is 1.87. The van der Waals surface area contributed by atoms with Crippen molar-refractivity contribution in [2.24, 2.45) is 5.92 Å². The molecule has 1 fully saturated rings. The third kappa shape index (κ3) is 4.00. The minimum absolute atomic E-state index is 0.0158. The van der Waals surface area contributed by atoms with Crippen molar-refractivity contribution in [1.82, 2.24) is 9.80 Å². The number of urea groups is 1. The number of anilines is 1. The summed E-state index contributed by atoms with van der Waals surface area (Å²) in [5, 5.41) is 2.96. The van der Waals surface area contributed by atoms with Crippen molar-refractivity contribution in [3.63, 3.8) is 0 Å². The molecule has 1 aliphatic heterocycles. The van der Waals surface area contributed by atoms with Crippen molar-refractivity contribution in [2.45, 2.75) is 19.8 Å². The van der Waals surface area contributed by atoms with Crippen molar-refractivity contribution in [2.75, 3.05) is 32.5 Å². The van der Waals surface area contributed by atoms with Gasteiger partial charge < -0.3 is 15.1 Å². The molecule has 1 aromatic carbocycles. The number of likely N-dealkylation sites (tertiary alicyclic amines) is 1. The van der Waals surface area contributed by atoms with Crippen LogP contribution in [0.25, 0.3) is 0 Å². The Morgan fingerprint density at radius 1 is 1.36 bits per heavy atom. The lowest BCUT2D eigenvalue weighted by Crippen LogP contribution is -2.47. The summed E-state index contributed by atoms with van der Waals surface area (Å²) in [4.78, 5) is 27.8. The molecular weight excluding hydrogens is 346 g/mol. The van der Waals surface area contributed by atoms with E-state index in [0.717, 1.165) is 35.1 Å². The number of rotatable bonds is 2. The summed E-state index contributed by atoms with van der Waals surface area (Å²) in [6, 6.07) is 5.71. The van der Waals surface area contributed by atoms with Gasteiger partial charge >= 0.3 is 6.03 Å². The second-order valence-electron chi connectivity index (χ2n) is 5.92. The number of nitrogens with one attached hydrogen (secondary N) is 1. The molecule has 1 heterocycles. The van der Waals surface area contributed by atoms with Gasteiger partial charge in [0.15, 0.2) is 0 Å². The predicted octanol–water partition coefficient (Wildman–Crippen LogP) is 3.09. The minimum atomic E-state index is -0.151. The average Bonchev–Trinajstić information content (AvgIpc) is 2.50. The third-order valence-corrected chi connectivity index (χ3v) is 4.76. The Morgan fingerprint density at radius 2 is 2.09 bits per heavy atom. The molecule has 0 spiro atoms. The number of carbonyl (C=O) groups excluding carboxylic acids is 2. The largest absolute Gasteiger partial charge is 0.331 e. The zero-order chi connectivity index (χ0) is 16.3. The van der Waals surface area contributed by atoms with Crippen LogP contribution in [0.3, 0.4) is 0 Å². The molecule has 1 atom stereocenters. The molecule has 0 saturated carbocycles. The molecule has 6 heteroatoms. The summed E-state index contributed by atoms with van der Waals surface area (Å²) in [6.45, 7) is 3.19. The zero-order valence-electron chi connectivity index (χ0n) is 13.2. The van der Waals surface area contributed by atoms with Gasteiger partial charge in [-0.3, -0.25) is 4.79 Å². The number of piperidine rings is 1. The second-order valence-corrected chi connectivity index (χ2v) is 6.77. The van der Waals surface area contributed by atoms with E-state index < -0.39 is 0 Å². The van der Waals surface area contributed by atoms with Crippen molar-refractivity contribution in [3.05, 3.63) is 28.2 Å². The first kappa shape index (κ1) is 16.8. The van der Waals surface area contributed by atoms with Gasteiger partial charge in [0.1, 0.15) is 0 Å². The Labute approximate surface area is 139 Å². The van der Waals surface area contributed by atoms with Crippen LogP contribution in [0.1, 0.15) is 18.4 Å². The van der Waals surface area contributed by atoms with Crippen LogP contribution >= 0.6 is 15.9 Å². The van der Waals surface area contributed by atoms with Crippen molar-refractivity contribution in [1.29, 1.82) is 0 Å². The lowest BCUT2D eigenvalue weighted by Gasteiger charge is -2.33. The Bertz CT molecular complexity index is 575. The van der Waals surface area contributed by atoms with Crippen LogP contribution in [0.4, 0.5) is 10.5 Å². The highest BCUT2D eigenvalue weighted by molar-refractivity contribution is 9.10.